The van der Waals surface area contributed by atoms with Gasteiger partial charge in [-0.15, -0.1) is 0 Å². The first-order valence-electron chi connectivity index (χ1n) is 9.50. The first kappa shape index (κ1) is 20.3. The third-order valence-electron chi connectivity index (χ3n) is 4.64. The fraction of sp³-hybridized carbons (Fsp3) is 0.300. The number of benzene rings is 1. The predicted molar refractivity (Wildman–Crippen MR) is 116 cm³/mol. The molecule has 1 fully saturated rings. The average Bonchev–Trinajstić information content (AvgIpc) is 2.79. The number of hydrogen-bond acceptors (Lipinski definition) is 8. The van der Waals surface area contributed by atoms with E-state index in [4.69, 9.17) is 20.4 Å². The Morgan fingerprint density at radius 1 is 1.03 bits per heavy atom. The molecule has 2 aromatic heterocycles. The Kier molecular flexibility index (Phi) is 5.98. The Morgan fingerprint density at radius 3 is 2.37 bits per heavy atom. The topological polar surface area (TPSA) is 110 Å². The SMILES string of the molecule is CN(C)S(=O)c1cccc(-c2cc(-c3cnc(N)nc3)nc(N3CCOCC3)n2)c1. The quantitative estimate of drug-likeness (QED) is 0.656. The van der Waals surface area contributed by atoms with Crippen LogP contribution in [-0.2, 0) is 15.7 Å². The lowest BCUT2D eigenvalue weighted by Gasteiger charge is -2.27. The second-order valence-corrected chi connectivity index (χ2v) is 8.66. The van der Waals surface area contributed by atoms with Gasteiger partial charge in [0.15, 0.2) is 0 Å². The van der Waals surface area contributed by atoms with Gasteiger partial charge in [0.05, 0.1) is 29.5 Å². The van der Waals surface area contributed by atoms with E-state index in [-0.39, 0.29) is 5.95 Å². The molecular weight excluding hydrogens is 402 g/mol. The molecule has 9 nitrogen and oxygen atoms in total. The molecule has 0 bridgehead atoms. The molecule has 0 radical (unpaired) electrons. The van der Waals surface area contributed by atoms with Crippen LogP contribution >= 0.6 is 0 Å². The molecule has 1 aliphatic rings. The summed E-state index contributed by atoms with van der Waals surface area (Å²) in [7, 11) is 2.32. The van der Waals surface area contributed by atoms with Gasteiger partial charge in [0.25, 0.3) is 0 Å². The maximum atomic E-state index is 12.5. The van der Waals surface area contributed by atoms with Gasteiger partial charge < -0.3 is 15.4 Å². The third-order valence-corrected chi connectivity index (χ3v) is 5.96. The van der Waals surface area contributed by atoms with Crippen molar-refractivity contribution in [3.05, 3.63) is 42.7 Å². The number of ether oxygens (including phenoxy) is 1. The molecule has 0 saturated carbocycles. The van der Waals surface area contributed by atoms with E-state index in [0.717, 1.165) is 16.8 Å². The first-order chi connectivity index (χ1) is 14.5. The van der Waals surface area contributed by atoms with Gasteiger partial charge in [-0.1, -0.05) is 12.1 Å². The summed E-state index contributed by atoms with van der Waals surface area (Å²) in [6.45, 7) is 2.69. The normalized spacial score (nSPS) is 15.4. The minimum absolute atomic E-state index is 0.209. The lowest BCUT2D eigenvalue weighted by molar-refractivity contribution is 0.122. The molecule has 30 heavy (non-hydrogen) atoms. The van der Waals surface area contributed by atoms with E-state index in [1.807, 2.05) is 30.3 Å². The van der Waals surface area contributed by atoms with Crippen LogP contribution in [0, 0.1) is 0 Å². The summed E-state index contributed by atoms with van der Waals surface area (Å²) in [5.41, 5.74) is 8.66. The highest BCUT2D eigenvalue weighted by Crippen LogP contribution is 2.27. The first-order valence-corrected chi connectivity index (χ1v) is 10.6. The molecule has 156 valence electrons. The van der Waals surface area contributed by atoms with Crippen molar-refractivity contribution in [2.75, 3.05) is 51.0 Å². The molecule has 0 aliphatic carbocycles. The van der Waals surface area contributed by atoms with Crippen LogP contribution in [0.15, 0.2) is 47.6 Å². The molecule has 1 aliphatic heterocycles. The predicted octanol–water partition coefficient (Wildman–Crippen LogP) is 1.60. The lowest BCUT2D eigenvalue weighted by Crippen LogP contribution is -2.37. The van der Waals surface area contributed by atoms with E-state index in [1.165, 1.54) is 0 Å². The van der Waals surface area contributed by atoms with Crippen LogP contribution in [0.3, 0.4) is 0 Å². The van der Waals surface area contributed by atoms with Crippen molar-refractivity contribution in [1.29, 1.82) is 0 Å². The Bertz CT molecular complexity index is 1050. The van der Waals surface area contributed by atoms with Gasteiger partial charge in [0.2, 0.25) is 11.9 Å². The van der Waals surface area contributed by atoms with Crippen LogP contribution in [0.4, 0.5) is 11.9 Å². The van der Waals surface area contributed by atoms with Gasteiger partial charge in [-0.2, -0.15) is 0 Å². The zero-order chi connectivity index (χ0) is 21.1. The van der Waals surface area contributed by atoms with Crippen LogP contribution in [0.1, 0.15) is 0 Å². The fourth-order valence-corrected chi connectivity index (χ4v) is 3.92. The maximum absolute atomic E-state index is 12.5. The van der Waals surface area contributed by atoms with Crippen molar-refractivity contribution in [2.24, 2.45) is 0 Å². The van der Waals surface area contributed by atoms with Crippen molar-refractivity contribution in [1.82, 2.24) is 24.2 Å². The molecule has 1 saturated heterocycles. The van der Waals surface area contributed by atoms with Gasteiger partial charge in [-0.3, -0.25) is 0 Å². The van der Waals surface area contributed by atoms with Gasteiger partial charge >= 0.3 is 0 Å². The summed E-state index contributed by atoms with van der Waals surface area (Å²) in [5.74, 6) is 0.821. The average molecular weight is 426 g/mol. The van der Waals surface area contributed by atoms with E-state index in [2.05, 4.69) is 14.9 Å². The second-order valence-electron chi connectivity index (χ2n) is 6.96. The maximum Gasteiger partial charge on any atom is 0.226 e. The van der Waals surface area contributed by atoms with Crippen molar-refractivity contribution in [2.45, 2.75) is 4.90 Å². The molecule has 3 heterocycles. The third kappa shape index (κ3) is 4.45. The number of anilines is 2. The van der Waals surface area contributed by atoms with E-state index >= 15 is 0 Å². The highest BCUT2D eigenvalue weighted by Gasteiger charge is 2.18. The lowest BCUT2D eigenvalue weighted by atomic mass is 10.1. The Morgan fingerprint density at radius 2 is 1.70 bits per heavy atom. The van der Waals surface area contributed by atoms with Crippen LogP contribution in [0.2, 0.25) is 0 Å². The molecule has 3 aromatic rings. The highest BCUT2D eigenvalue weighted by atomic mass is 32.2. The van der Waals surface area contributed by atoms with E-state index < -0.39 is 11.0 Å². The smallest absolute Gasteiger partial charge is 0.226 e. The summed E-state index contributed by atoms with van der Waals surface area (Å²) in [5, 5.41) is 0. The standard InChI is InChI=1S/C20H23N7O2S/c1-26(2)30(28)16-5-3-4-14(10-16)17-11-18(15-12-22-19(21)23-13-15)25-20(24-17)27-6-8-29-9-7-27/h3-5,10-13H,6-9H2,1-2H3,(H2,21,22,23). The van der Waals surface area contributed by atoms with Crippen LogP contribution < -0.4 is 10.6 Å². The summed E-state index contributed by atoms with van der Waals surface area (Å²) in [6.07, 6.45) is 3.30. The molecule has 0 amide bonds. The Labute approximate surface area is 177 Å². The molecule has 2 N–H and O–H groups in total. The van der Waals surface area contributed by atoms with Gasteiger partial charge in [-0.25, -0.2) is 28.5 Å². The number of nitrogens with two attached hydrogens (primary N) is 1. The van der Waals surface area contributed by atoms with Crippen LogP contribution in [0.5, 0.6) is 0 Å². The van der Waals surface area contributed by atoms with Crippen LogP contribution in [0.25, 0.3) is 22.5 Å². The zero-order valence-corrected chi connectivity index (χ0v) is 17.7. The Balaban J connectivity index is 1.80. The number of rotatable bonds is 5. The largest absolute Gasteiger partial charge is 0.378 e. The van der Waals surface area contributed by atoms with Gasteiger partial charge in [-0.05, 0) is 32.3 Å². The van der Waals surface area contributed by atoms with Gasteiger partial charge in [0, 0.05) is 36.6 Å². The summed E-state index contributed by atoms with van der Waals surface area (Å²) < 4.78 is 19.6. The molecular formula is C20H23N7O2S. The van der Waals surface area contributed by atoms with E-state index in [1.54, 1.807) is 30.8 Å². The number of hydrogen-bond donors (Lipinski definition) is 1. The molecule has 10 heteroatoms. The Hall–Kier alpha value is -2.95. The van der Waals surface area contributed by atoms with Crippen molar-refractivity contribution < 1.29 is 8.95 Å². The van der Waals surface area contributed by atoms with Crippen molar-refractivity contribution in [3.8, 4) is 22.5 Å². The van der Waals surface area contributed by atoms with Crippen LogP contribution in [-0.4, -0.2) is 68.8 Å². The molecule has 4 rings (SSSR count). The molecule has 1 aromatic carbocycles. The second kappa shape index (κ2) is 8.82. The monoisotopic (exact) mass is 425 g/mol. The van der Waals surface area contributed by atoms with E-state index in [0.29, 0.717) is 42.8 Å². The zero-order valence-electron chi connectivity index (χ0n) is 16.9. The van der Waals surface area contributed by atoms with Crippen molar-refractivity contribution in [3.63, 3.8) is 0 Å². The number of nitrogen functional groups attached to an aromatic ring is 1. The summed E-state index contributed by atoms with van der Waals surface area (Å²) >= 11 is 0. The molecule has 1 atom stereocenters. The summed E-state index contributed by atoms with van der Waals surface area (Å²) in [6, 6.07) is 9.46. The minimum atomic E-state index is -1.24. The van der Waals surface area contributed by atoms with Gasteiger partial charge in [0.1, 0.15) is 11.0 Å². The number of nitrogens with zero attached hydrogens (tertiary/aromatic N) is 6. The fourth-order valence-electron chi connectivity index (χ4n) is 3.08. The molecule has 0 spiro atoms. The molecule has 1 unspecified atom stereocenters. The van der Waals surface area contributed by atoms with E-state index in [9.17, 15) is 4.21 Å². The minimum Gasteiger partial charge on any atom is -0.378 e. The van der Waals surface area contributed by atoms with Crippen molar-refractivity contribution >= 4 is 22.9 Å². The highest BCUT2D eigenvalue weighted by molar-refractivity contribution is 7.82. The summed E-state index contributed by atoms with van der Waals surface area (Å²) in [4.78, 5) is 20.5. The number of morpholine rings is 1. The number of aromatic nitrogens is 4.